The van der Waals surface area contributed by atoms with E-state index in [1.807, 2.05) is 30.3 Å². The van der Waals surface area contributed by atoms with Crippen molar-refractivity contribution in [2.75, 3.05) is 32.8 Å². The van der Waals surface area contributed by atoms with E-state index >= 15 is 0 Å². The maximum Gasteiger partial charge on any atom is 0.325 e. The Morgan fingerprint density at radius 2 is 1.87 bits per heavy atom. The van der Waals surface area contributed by atoms with E-state index in [0.29, 0.717) is 32.7 Å². The van der Waals surface area contributed by atoms with Gasteiger partial charge in [-0.25, -0.2) is 4.79 Å². The number of amides is 4. The molecule has 2 fully saturated rings. The number of hydrogen-bond acceptors (Lipinski definition) is 4. The number of morpholine rings is 1. The van der Waals surface area contributed by atoms with Gasteiger partial charge in [-0.15, -0.1) is 0 Å². The SMILES string of the molecule is O=C(C1NC(=O)N(CCc2ccccc2)C1=O)N1CCOCC1. The summed E-state index contributed by atoms with van der Waals surface area (Å²) in [6.07, 6.45) is 0.568. The molecule has 2 aliphatic heterocycles. The van der Waals surface area contributed by atoms with Gasteiger partial charge in [0.15, 0.2) is 6.04 Å². The third-order valence-electron chi connectivity index (χ3n) is 4.06. The van der Waals surface area contributed by atoms with Gasteiger partial charge >= 0.3 is 6.03 Å². The molecule has 0 saturated carbocycles. The number of carbonyl (C=O) groups excluding carboxylic acids is 3. The summed E-state index contributed by atoms with van der Waals surface area (Å²) in [6.45, 7) is 2.07. The number of carbonyl (C=O) groups is 3. The largest absolute Gasteiger partial charge is 0.378 e. The van der Waals surface area contributed by atoms with E-state index in [2.05, 4.69) is 5.32 Å². The summed E-state index contributed by atoms with van der Waals surface area (Å²) in [4.78, 5) is 39.5. The van der Waals surface area contributed by atoms with Crippen molar-refractivity contribution in [3.05, 3.63) is 35.9 Å². The van der Waals surface area contributed by atoms with E-state index in [4.69, 9.17) is 4.74 Å². The third kappa shape index (κ3) is 3.34. The molecule has 1 unspecified atom stereocenters. The molecule has 2 saturated heterocycles. The zero-order chi connectivity index (χ0) is 16.2. The highest BCUT2D eigenvalue weighted by molar-refractivity contribution is 6.15. The first-order valence-corrected chi connectivity index (χ1v) is 7.69. The Hall–Kier alpha value is -2.41. The summed E-state index contributed by atoms with van der Waals surface area (Å²) in [6, 6.07) is 8.00. The number of urea groups is 1. The van der Waals surface area contributed by atoms with Crippen LogP contribution >= 0.6 is 0 Å². The lowest BCUT2D eigenvalue weighted by Gasteiger charge is -2.28. The van der Waals surface area contributed by atoms with E-state index in [1.165, 1.54) is 0 Å². The van der Waals surface area contributed by atoms with Gasteiger partial charge < -0.3 is 15.0 Å². The summed E-state index contributed by atoms with van der Waals surface area (Å²) in [5.74, 6) is -0.823. The van der Waals surface area contributed by atoms with Crippen LogP contribution in [0.15, 0.2) is 30.3 Å². The van der Waals surface area contributed by atoms with E-state index in [9.17, 15) is 14.4 Å². The molecule has 0 radical (unpaired) electrons. The molecule has 7 nitrogen and oxygen atoms in total. The Bertz CT molecular complexity index is 599. The Labute approximate surface area is 134 Å². The Kier molecular flexibility index (Phi) is 4.57. The van der Waals surface area contributed by atoms with Gasteiger partial charge in [-0.2, -0.15) is 0 Å². The van der Waals surface area contributed by atoms with Gasteiger partial charge in [0.05, 0.1) is 13.2 Å². The first-order valence-electron chi connectivity index (χ1n) is 7.69. The molecule has 1 N–H and O–H groups in total. The van der Waals surface area contributed by atoms with Crippen LogP contribution < -0.4 is 5.32 Å². The van der Waals surface area contributed by atoms with Gasteiger partial charge in [0.1, 0.15) is 0 Å². The molecule has 4 amide bonds. The monoisotopic (exact) mass is 317 g/mol. The van der Waals surface area contributed by atoms with Crippen LogP contribution in [0.1, 0.15) is 5.56 Å². The van der Waals surface area contributed by atoms with Crippen LogP contribution in [0.25, 0.3) is 0 Å². The molecular formula is C16H19N3O4. The van der Waals surface area contributed by atoms with Crippen molar-refractivity contribution < 1.29 is 19.1 Å². The van der Waals surface area contributed by atoms with Gasteiger partial charge in [0.2, 0.25) is 0 Å². The molecule has 7 heteroatoms. The van der Waals surface area contributed by atoms with Crippen LogP contribution in [0.5, 0.6) is 0 Å². The number of ether oxygens (including phenoxy) is 1. The van der Waals surface area contributed by atoms with Gasteiger partial charge in [0, 0.05) is 19.6 Å². The normalized spacial score (nSPS) is 21.5. The zero-order valence-electron chi connectivity index (χ0n) is 12.7. The van der Waals surface area contributed by atoms with E-state index in [0.717, 1.165) is 10.5 Å². The Balaban J connectivity index is 1.61. The van der Waals surface area contributed by atoms with Crippen LogP contribution in [0.2, 0.25) is 0 Å². The smallest absolute Gasteiger partial charge is 0.325 e. The van der Waals surface area contributed by atoms with Crippen LogP contribution in [0.3, 0.4) is 0 Å². The maximum absolute atomic E-state index is 12.4. The lowest BCUT2D eigenvalue weighted by Crippen LogP contribution is -2.51. The van der Waals surface area contributed by atoms with E-state index < -0.39 is 18.0 Å². The van der Waals surface area contributed by atoms with Crippen molar-refractivity contribution in [3.63, 3.8) is 0 Å². The first kappa shape index (κ1) is 15.5. The van der Waals surface area contributed by atoms with Gasteiger partial charge in [0.25, 0.3) is 11.8 Å². The molecule has 0 aromatic heterocycles. The minimum atomic E-state index is -1.10. The minimum absolute atomic E-state index is 0.265. The molecule has 1 atom stereocenters. The Morgan fingerprint density at radius 3 is 2.57 bits per heavy atom. The first-order chi connectivity index (χ1) is 11.2. The molecule has 1 aromatic rings. The van der Waals surface area contributed by atoms with Crippen LogP contribution in [0, 0.1) is 0 Å². The molecular weight excluding hydrogens is 298 g/mol. The Morgan fingerprint density at radius 1 is 1.17 bits per heavy atom. The molecule has 3 rings (SSSR count). The second-order valence-corrected chi connectivity index (χ2v) is 5.55. The summed E-state index contributed by atoms with van der Waals surface area (Å²) in [7, 11) is 0. The maximum atomic E-state index is 12.4. The summed E-state index contributed by atoms with van der Waals surface area (Å²) in [5.41, 5.74) is 1.04. The topological polar surface area (TPSA) is 79.0 Å². The average molecular weight is 317 g/mol. The van der Waals surface area contributed by atoms with Crippen molar-refractivity contribution in [1.82, 2.24) is 15.1 Å². The van der Waals surface area contributed by atoms with Crippen LogP contribution in [0.4, 0.5) is 4.79 Å². The third-order valence-corrected chi connectivity index (χ3v) is 4.06. The molecule has 0 bridgehead atoms. The molecule has 0 spiro atoms. The standard InChI is InChI=1S/C16H19N3O4/c20-14(18-8-10-23-11-9-18)13-15(21)19(16(22)17-13)7-6-12-4-2-1-3-5-12/h1-5,13H,6-11H2,(H,17,22). The highest BCUT2D eigenvalue weighted by atomic mass is 16.5. The predicted molar refractivity (Wildman–Crippen MR) is 81.6 cm³/mol. The molecule has 23 heavy (non-hydrogen) atoms. The highest BCUT2D eigenvalue weighted by Gasteiger charge is 2.43. The number of nitrogens with one attached hydrogen (secondary N) is 1. The fourth-order valence-corrected chi connectivity index (χ4v) is 2.75. The van der Waals surface area contributed by atoms with Crippen molar-refractivity contribution in [3.8, 4) is 0 Å². The summed E-state index contributed by atoms with van der Waals surface area (Å²) < 4.78 is 5.19. The quantitative estimate of drug-likeness (QED) is 0.627. The second-order valence-electron chi connectivity index (χ2n) is 5.55. The number of hydrogen-bond donors (Lipinski definition) is 1. The number of benzene rings is 1. The fraction of sp³-hybridized carbons (Fsp3) is 0.438. The van der Waals surface area contributed by atoms with Gasteiger partial charge in [-0.1, -0.05) is 30.3 Å². The number of rotatable bonds is 4. The molecule has 1 aromatic carbocycles. The van der Waals surface area contributed by atoms with Crippen molar-refractivity contribution in [1.29, 1.82) is 0 Å². The van der Waals surface area contributed by atoms with Crippen molar-refractivity contribution >= 4 is 17.8 Å². The van der Waals surface area contributed by atoms with Crippen LogP contribution in [-0.2, 0) is 20.7 Å². The van der Waals surface area contributed by atoms with E-state index in [1.54, 1.807) is 4.90 Å². The second kappa shape index (κ2) is 6.78. The van der Waals surface area contributed by atoms with E-state index in [-0.39, 0.29) is 12.5 Å². The average Bonchev–Trinajstić information content (AvgIpc) is 2.88. The molecule has 0 aliphatic carbocycles. The fourth-order valence-electron chi connectivity index (χ4n) is 2.75. The molecule has 2 aliphatic rings. The lowest BCUT2D eigenvalue weighted by atomic mass is 10.1. The number of imide groups is 1. The lowest BCUT2D eigenvalue weighted by molar-refractivity contribution is -0.142. The minimum Gasteiger partial charge on any atom is -0.378 e. The summed E-state index contributed by atoms with van der Waals surface area (Å²) in [5, 5.41) is 2.49. The summed E-state index contributed by atoms with van der Waals surface area (Å²) >= 11 is 0. The zero-order valence-corrected chi connectivity index (χ0v) is 12.7. The molecule has 2 heterocycles. The van der Waals surface area contributed by atoms with Crippen molar-refractivity contribution in [2.45, 2.75) is 12.5 Å². The molecule has 122 valence electrons. The van der Waals surface area contributed by atoms with Crippen LogP contribution in [-0.4, -0.2) is 66.5 Å². The van der Waals surface area contributed by atoms with Gasteiger partial charge in [-0.05, 0) is 12.0 Å². The predicted octanol–water partition coefficient (Wildman–Crippen LogP) is 0.00830. The number of nitrogens with zero attached hydrogens (tertiary/aromatic N) is 2. The van der Waals surface area contributed by atoms with Crippen molar-refractivity contribution in [2.24, 2.45) is 0 Å². The highest BCUT2D eigenvalue weighted by Crippen LogP contribution is 2.12. The van der Waals surface area contributed by atoms with Gasteiger partial charge in [-0.3, -0.25) is 14.5 Å².